The lowest BCUT2D eigenvalue weighted by Gasteiger charge is -2.13. The first-order chi connectivity index (χ1) is 4.72. The summed E-state index contributed by atoms with van der Waals surface area (Å²) < 4.78 is 4.78. The average molecular weight is 143 g/mol. The van der Waals surface area contributed by atoms with Gasteiger partial charge >= 0.3 is 0 Å². The molecule has 0 aliphatic heterocycles. The van der Waals surface area contributed by atoms with E-state index in [4.69, 9.17) is 4.74 Å². The Kier molecular flexibility index (Phi) is 4.58. The zero-order valence-electron chi connectivity index (χ0n) is 6.46. The molecule has 0 aromatic rings. The summed E-state index contributed by atoms with van der Waals surface area (Å²) in [5, 5.41) is 0. The van der Waals surface area contributed by atoms with Gasteiger partial charge in [-0.2, -0.15) is 0 Å². The van der Waals surface area contributed by atoms with Gasteiger partial charge in [-0.3, -0.25) is 4.79 Å². The molecule has 3 nitrogen and oxygen atoms in total. The van der Waals surface area contributed by atoms with Crippen molar-refractivity contribution in [3.05, 3.63) is 12.7 Å². The topological polar surface area (TPSA) is 29.5 Å². The Morgan fingerprint density at radius 3 is 2.80 bits per heavy atom. The molecule has 0 heterocycles. The van der Waals surface area contributed by atoms with Crippen molar-refractivity contribution in [3.63, 3.8) is 0 Å². The number of rotatable bonds is 4. The molecular weight excluding hydrogens is 130 g/mol. The zero-order valence-corrected chi connectivity index (χ0v) is 6.46. The molecule has 0 spiro atoms. The van der Waals surface area contributed by atoms with Crippen LogP contribution in [0.3, 0.4) is 0 Å². The molecule has 0 unspecified atom stereocenters. The molecule has 0 aromatic carbocycles. The van der Waals surface area contributed by atoms with Crippen LogP contribution in [-0.2, 0) is 9.53 Å². The predicted octanol–water partition coefficient (Wildman–Crippen LogP) is 0.277. The standard InChI is InChI=1S/C7H13NO2/c1-4-7(9)8(2)5-6-10-3/h4H,1,5-6H2,2-3H3. The fourth-order valence-corrected chi connectivity index (χ4v) is 0.494. The maximum atomic E-state index is 10.8. The zero-order chi connectivity index (χ0) is 7.98. The van der Waals surface area contributed by atoms with Crippen LogP contribution in [0.25, 0.3) is 0 Å². The van der Waals surface area contributed by atoms with E-state index >= 15 is 0 Å². The molecule has 0 saturated heterocycles. The number of likely N-dealkylation sites (N-methyl/N-ethyl adjacent to an activating group) is 1. The SMILES string of the molecule is C=CC(=O)N(C)CCOC. The number of carbonyl (C=O) groups is 1. The van der Waals surface area contributed by atoms with Gasteiger partial charge in [0.25, 0.3) is 0 Å². The van der Waals surface area contributed by atoms with Crippen molar-refractivity contribution in [2.24, 2.45) is 0 Å². The minimum absolute atomic E-state index is 0.0722. The highest BCUT2D eigenvalue weighted by atomic mass is 16.5. The maximum Gasteiger partial charge on any atom is 0.245 e. The highest BCUT2D eigenvalue weighted by Crippen LogP contribution is 1.84. The van der Waals surface area contributed by atoms with Crippen LogP contribution in [0.15, 0.2) is 12.7 Å². The van der Waals surface area contributed by atoms with Crippen molar-refractivity contribution >= 4 is 5.91 Å². The summed E-state index contributed by atoms with van der Waals surface area (Å²) in [6.07, 6.45) is 1.29. The first-order valence-corrected chi connectivity index (χ1v) is 3.09. The normalized spacial score (nSPS) is 9.00. The largest absolute Gasteiger partial charge is 0.383 e. The van der Waals surface area contributed by atoms with Gasteiger partial charge in [-0.1, -0.05) is 6.58 Å². The van der Waals surface area contributed by atoms with Crippen molar-refractivity contribution in [1.29, 1.82) is 0 Å². The molecule has 58 valence electrons. The van der Waals surface area contributed by atoms with Gasteiger partial charge in [-0.15, -0.1) is 0 Å². The van der Waals surface area contributed by atoms with Crippen molar-refractivity contribution in [2.45, 2.75) is 0 Å². The van der Waals surface area contributed by atoms with Gasteiger partial charge in [0, 0.05) is 20.7 Å². The molecule has 0 bridgehead atoms. The number of hydrogen-bond acceptors (Lipinski definition) is 2. The van der Waals surface area contributed by atoms with E-state index in [2.05, 4.69) is 6.58 Å². The molecule has 0 saturated carbocycles. The highest BCUT2D eigenvalue weighted by Gasteiger charge is 2.00. The highest BCUT2D eigenvalue weighted by molar-refractivity contribution is 5.86. The van der Waals surface area contributed by atoms with Crippen molar-refractivity contribution in [3.8, 4) is 0 Å². The molecule has 10 heavy (non-hydrogen) atoms. The van der Waals surface area contributed by atoms with Crippen molar-refractivity contribution in [2.75, 3.05) is 27.3 Å². The molecule has 0 atom stereocenters. The van der Waals surface area contributed by atoms with Crippen LogP contribution >= 0.6 is 0 Å². The summed E-state index contributed by atoms with van der Waals surface area (Å²) in [5.74, 6) is -0.0722. The number of nitrogens with zero attached hydrogens (tertiary/aromatic N) is 1. The molecular formula is C7H13NO2. The summed E-state index contributed by atoms with van der Waals surface area (Å²) in [5.41, 5.74) is 0. The van der Waals surface area contributed by atoms with Crippen molar-refractivity contribution < 1.29 is 9.53 Å². The van der Waals surface area contributed by atoms with Crippen molar-refractivity contribution in [1.82, 2.24) is 4.90 Å². The van der Waals surface area contributed by atoms with Gasteiger partial charge in [-0.25, -0.2) is 0 Å². The minimum atomic E-state index is -0.0722. The summed E-state index contributed by atoms with van der Waals surface area (Å²) in [6, 6.07) is 0. The van der Waals surface area contributed by atoms with E-state index in [-0.39, 0.29) is 5.91 Å². The molecule has 0 aliphatic carbocycles. The van der Waals surface area contributed by atoms with E-state index in [0.717, 1.165) is 0 Å². The molecule has 3 heteroatoms. The third kappa shape index (κ3) is 3.25. The number of carbonyl (C=O) groups excluding carboxylic acids is 1. The van der Waals surface area contributed by atoms with E-state index in [1.165, 1.54) is 6.08 Å². The summed E-state index contributed by atoms with van der Waals surface area (Å²) >= 11 is 0. The lowest BCUT2D eigenvalue weighted by Crippen LogP contribution is -2.27. The first-order valence-electron chi connectivity index (χ1n) is 3.09. The number of amides is 1. The smallest absolute Gasteiger partial charge is 0.245 e. The van der Waals surface area contributed by atoms with Crippen LogP contribution in [0.2, 0.25) is 0 Å². The Morgan fingerprint density at radius 2 is 2.40 bits per heavy atom. The molecule has 1 amide bonds. The average Bonchev–Trinajstić information content (AvgIpc) is 1.98. The van der Waals surface area contributed by atoms with E-state index in [1.807, 2.05) is 0 Å². The Bertz CT molecular complexity index is 123. The fourth-order valence-electron chi connectivity index (χ4n) is 0.494. The summed E-state index contributed by atoms with van der Waals surface area (Å²) in [6.45, 7) is 4.54. The second-order valence-corrected chi connectivity index (χ2v) is 1.96. The lowest BCUT2D eigenvalue weighted by atomic mass is 10.5. The van der Waals surface area contributed by atoms with Crippen LogP contribution < -0.4 is 0 Å². The minimum Gasteiger partial charge on any atom is -0.383 e. The molecule has 0 aromatic heterocycles. The Balaban J connectivity index is 3.51. The Morgan fingerprint density at radius 1 is 1.80 bits per heavy atom. The Labute approximate surface area is 61.3 Å². The fraction of sp³-hybridized carbons (Fsp3) is 0.571. The number of hydrogen-bond donors (Lipinski definition) is 0. The molecule has 0 N–H and O–H groups in total. The second-order valence-electron chi connectivity index (χ2n) is 1.96. The van der Waals surface area contributed by atoms with Gasteiger partial charge in [0.15, 0.2) is 0 Å². The first kappa shape index (κ1) is 9.17. The summed E-state index contributed by atoms with van der Waals surface area (Å²) in [7, 11) is 3.31. The molecule has 0 aliphatic rings. The van der Waals surface area contributed by atoms with Crippen LogP contribution in [0, 0.1) is 0 Å². The molecule has 0 rings (SSSR count). The van der Waals surface area contributed by atoms with Crippen LogP contribution in [0.1, 0.15) is 0 Å². The van der Waals surface area contributed by atoms with E-state index < -0.39 is 0 Å². The lowest BCUT2D eigenvalue weighted by molar-refractivity contribution is -0.125. The quantitative estimate of drug-likeness (QED) is 0.529. The van der Waals surface area contributed by atoms with E-state index in [9.17, 15) is 4.79 Å². The monoisotopic (exact) mass is 143 g/mol. The van der Waals surface area contributed by atoms with Crippen LogP contribution in [-0.4, -0.2) is 38.1 Å². The Hall–Kier alpha value is -0.830. The second kappa shape index (κ2) is 4.99. The molecule has 0 radical (unpaired) electrons. The van der Waals surface area contributed by atoms with E-state index in [1.54, 1.807) is 19.1 Å². The predicted molar refractivity (Wildman–Crippen MR) is 39.7 cm³/mol. The number of methoxy groups -OCH3 is 1. The van der Waals surface area contributed by atoms with Crippen LogP contribution in [0.4, 0.5) is 0 Å². The maximum absolute atomic E-state index is 10.8. The van der Waals surface area contributed by atoms with Gasteiger partial charge in [0.1, 0.15) is 0 Å². The number of ether oxygens (including phenoxy) is 1. The summed E-state index contributed by atoms with van der Waals surface area (Å²) in [4.78, 5) is 12.3. The third-order valence-electron chi connectivity index (χ3n) is 1.18. The van der Waals surface area contributed by atoms with Gasteiger partial charge in [-0.05, 0) is 6.08 Å². The van der Waals surface area contributed by atoms with Crippen LogP contribution in [0.5, 0.6) is 0 Å². The van der Waals surface area contributed by atoms with E-state index in [0.29, 0.717) is 13.2 Å². The van der Waals surface area contributed by atoms with Gasteiger partial charge in [0.05, 0.1) is 6.61 Å². The van der Waals surface area contributed by atoms with Gasteiger partial charge < -0.3 is 9.64 Å². The third-order valence-corrected chi connectivity index (χ3v) is 1.18. The van der Waals surface area contributed by atoms with Gasteiger partial charge in [0.2, 0.25) is 5.91 Å². The molecule has 0 fully saturated rings.